The van der Waals surface area contributed by atoms with Gasteiger partial charge in [-0.3, -0.25) is 0 Å². The Kier molecular flexibility index (Phi) is 7.62. The lowest BCUT2D eigenvalue weighted by atomic mass is 10.0. The first-order chi connectivity index (χ1) is 20.2. The standard InChI is InChI=1S/C32H24ClF3N2O4/c33-21-4-2-20(27(35)14-21)17-42-22-5-7-26(34)25(15-22)24-6-1-18(11-28(24)36)12-31-37-29-8-3-19(32(39)40)13-30(29)38(31)16-23-9-10-41-23/h1-8,11,13-15,23H,9-10,12,16-17H2,(H,39,40). The Labute approximate surface area is 243 Å². The Morgan fingerprint density at radius 3 is 2.52 bits per heavy atom. The first-order valence-corrected chi connectivity index (χ1v) is 13.6. The molecule has 4 aromatic carbocycles. The molecule has 1 aromatic heterocycles. The Hall–Kier alpha value is -4.34. The number of benzene rings is 4. The number of imidazole rings is 1. The molecular formula is C32H24ClF3N2O4. The van der Waals surface area contributed by atoms with Crippen molar-refractivity contribution < 1.29 is 32.5 Å². The number of rotatable bonds is 9. The van der Waals surface area contributed by atoms with Gasteiger partial charge >= 0.3 is 5.97 Å². The quantitative estimate of drug-likeness (QED) is 0.193. The highest BCUT2D eigenvalue weighted by Gasteiger charge is 2.23. The maximum absolute atomic E-state index is 15.4. The van der Waals surface area contributed by atoms with E-state index in [1.807, 2.05) is 4.57 Å². The van der Waals surface area contributed by atoms with Crippen LogP contribution in [0.2, 0.25) is 5.02 Å². The molecule has 5 aromatic rings. The summed E-state index contributed by atoms with van der Waals surface area (Å²) in [5.41, 5.74) is 2.36. The normalized spacial score (nSPS) is 14.6. The summed E-state index contributed by atoms with van der Waals surface area (Å²) in [6.07, 6.45) is 1.13. The average Bonchev–Trinajstić information content (AvgIpc) is 3.27. The van der Waals surface area contributed by atoms with E-state index in [9.17, 15) is 18.7 Å². The summed E-state index contributed by atoms with van der Waals surface area (Å²) >= 11 is 5.79. The molecule has 1 atom stereocenters. The van der Waals surface area contributed by atoms with E-state index in [0.29, 0.717) is 35.6 Å². The Morgan fingerprint density at radius 1 is 0.976 bits per heavy atom. The van der Waals surface area contributed by atoms with Crippen molar-refractivity contribution >= 4 is 28.6 Å². The SMILES string of the molecule is O=C(O)c1ccc2nc(Cc3ccc(-c4cc(OCc5ccc(Cl)cc5F)ccc4F)c(F)c3)n(CC3CCO3)c2c1. The van der Waals surface area contributed by atoms with Gasteiger partial charge in [-0.05, 0) is 66.6 Å². The molecule has 0 bridgehead atoms. The Morgan fingerprint density at radius 2 is 1.81 bits per heavy atom. The monoisotopic (exact) mass is 592 g/mol. The van der Waals surface area contributed by atoms with Crippen molar-refractivity contribution in [1.29, 1.82) is 0 Å². The Balaban J connectivity index is 1.26. The van der Waals surface area contributed by atoms with Crippen LogP contribution in [0, 0.1) is 17.5 Å². The van der Waals surface area contributed by atoms with Crippen molar-refractivity contribution in [2.45, 2.75) is 32.1 Å². The van der Waals surface area contributed by atoms with Crippen LogP contribution in [-0.2, 0) is 24.3 Å². The third kappa shape index (κ3) is 5.70. The molecular weight excluding hydrogens is 569 g/mol. The maximum Gasteiger partial charge on any atom is 0.335 e. The number of ether oxygens (including phenoxy) is 2. The molecule has 0 saturated carbocycles. The van der Waals surface area contributed by atoms with Crippen LogP contribution in [0.5, 0.6) is 5.75 Å². The molecule has 1 saturated heterocycles. The molecule has 0 radical (unpaired) electrons. The van der Waals surface area contributed by atoms with Crippen LogP contribution < -0.4 is 4.74 Å². The van der Waals surface area contributed by atoms with Gasteiger partial charge in [0.2, 0.25) is 0 Å². The van der Waals surface area contributed by atoms with E-state index in [0.717, 1.165) is 6.42 Å². The van der Waals surface area contributed by atoms with Gasteiger partial charge in [0, 0.05) is 34.7 Å². The number of hydrogen-bond donors (Lipinski definition) is 1. The number of fused-ring (bicyclic) bond motifs is 1. The number of carbonyl (C=O) groups is 1. The average molecular weight is 593 g/mol. The highest BCUT2D eigenvalue weighted by Crippen LogP contribution is 2.31. The lowest BCUT2D eigenvalue weighted by molar-refractivity contribution is -0.0589. The van der Waals surface area contributed by atoms with Crippen LogP contribution in [0.15, 0.2) is 72.8 Å². The first-order valence-electron chi connectivity index (χ1n) is 13.2. The molecule has 42 heavy (non-hydrogen) atoms. The molecule has 6 nitrogen and oxygen atoms in total. The number of carboxylic acid groups (broad SMARTS) is 1. The molecule has 1 aliphatic rings. The van der Waals surface area contributed by atoms with Crippen LogP contribution in [0.25, 0.3) is 22.2 Å². The zero-order valence-electron chi connectivity index (χ0n) is 22.1. The molecule has 1 unspecified atom stereocenters. The fourth-order valence-electron chi connectivity index (χ4n) is 4.95. The molecule has 0 amide bonds. The second-order valence-corrected chi connectivity index (χ2v) is 10.5. The van der Waals surface area contributed by atoms with Crippen molar-refractivity contribution in [2.75, 3.05) is 6.61 Å². The summed E-state index contributed by atoms with van der Waals surface area (Å²) in [5.74, 6) is -1.96. The predicted octanol–water partition coefficient (Wildman–Crippen LogP) is 7.43. The number of nitrogens with zero attached hydrogens (tertiary/aromatic N) is 2. The largest absolute Gasteiger partial charge is 0.489 e. The summed E-state index contributed by atoms with van der Waals surface area (Å²) in [4.78, 5) is 16.2. The highest BCUT2D eigenvalue weighted by atomic mass is 35.5. The van der Waals surface area contributed by atoms with Crippen LogP contribution in [0.3, 0.4) is 0 Å². The van der Waals surface area contributed by atoms with E-state index in [4.69, 9.17) is 26.1 Å². The van der Waals surface area contributed by atoms with E-state index in [2.05, 4.69) is 0 Å². The fourth-order valence-corrected chi connectivity index (χ4v) is 5.11. The zero-order chi connectivity index (χ0) is 29.4. The van der Waals surface area contributed by atoms with Gasteiger partial charge in [0.25, 0.3) is 0 Å². The van der Waals surface area contributed by atoms with E-state index in [1.165, 1.54) is 48.5 Å². The van der Waals surface area contributed by atoms with Crippen molar-refractivity contribution in [3.05, 3.63) is 118 Å². The van der Waals surface area contributed by atoms with Crippen LogP contribution >= 0.6 is 11.6 Å². The molecule has 0 spiro atoms. The number of halogens is 4. The van der Waals surface area contributed by atoms with Crippen LogP contribution in [0.4, 0.5) is 13.2 Å². The predicted molar refractivity (Wildman–Crippen MR) is 151 cm³/mol. The molecule has 214 valence electrons. The molecule has 1 fully saturated rings. The summed E-state index contributed by atoms with van der Waals surface area (Å²) < 4.78 is 57.5. The van der Waals surface area contributed by atoms with Gasteiger partial charge in [-0.25, -0.2) is 22.9 Å². The minimum Gasteiger partial charge on any atom is -0.489 e. The minimum atomic E-state index is -1.04. The number of aromatic carboxylic acids is 1. The van der Waals surface area contributed by atoms with Gasteiger partial charge in [0.1, 0.15) is 35.6 Å². The first kappa shape index (κ1) is 27.8. The molecule has 2 heterocycles. The summed E-state index contributed by atoms with van der Waals surface area (Å²) in [7, 11) is 0. The minimum absolute atomic E-state index is 0.00342. The van der Waals surface area contributed by atoms with Gasteiger partial charge in [0.05, 0.1) is 29.2 Å². The smallest absolute Gasteiger partial charge is 0.335 e. The molecule has 0 aliphatic carbocycles. The van der Waals surface area contributed by atoms with Gasteiger partial charge < -0.3 is 19.1 Å². The number of aromatic nitrogens is 2. The van der Waals surface area contributed by atoms with Gasteiger partial charge in [-0.2, -0.15) is 0 Å². The lowest BCUT2D eigenvalue weighted by Gasteiger charge is -2.27. The van der Waals surface area contributed by atoms with Crippen LogP contribution in [0.1, 0.15) is 33.7 Å². The second-order valence-electron chi connectivity index (χ2n) is 10.1. The highest BCUT2D eigenvalue weighted by molar-refractivity contribution is 6.30. The molecule has 6 rings (SSSR count). The maximum atomic E-state index is 15.4. The van der Waals surface area contributed by atoms with Crippen molar-refractivity contribution in [1.82, 2.24) is 9.55 Å². The topological polar surface area (TPSA) is 73.6 Å². The molecule has 1 N–H and O–H groups in total. The molecule has 1 aliphatic heterocycles. The molecule has 10 heteroatoms. The van der Waals surface area contributed by atoms with E-state index in [1.54, 1.807) is 24.3 Å². The lowest BCUT2D eigenvalue weighted by Crippen LogP contribution is -2.31. The van der Waals surface area contributed by atoms with Crippen molar-refractivity contribution in [3.63, 3.8) is 0 Å². The van der Waals surface area contributed by atoms with E-state index < -0.39 is 23.4 Å². The second kappa shape index (κ2) is 11.5. The van der Waals surface area contributed by atoms with Crippen molar-refractivity contribution in [3.8, 4) is 16.9 Å². The van der Waals surface area contributed by atoms with Gasteiger partial charge in [-0.1, -0.05) is 29.8 Å². The van der Waals surface area contributed by atoms with Gasteiger partial charge in [0.15, 0.2) is 0 Å². The van der Waals surface area contributed by atoms with Gasteiger partial charge in [-0.15, -0.1) is 0 Å². The third-order valence-electron chi connectivity index (χ3n) is 7.29. The zero-order valence-corrected chi connectivity index (χ0v) is 22.9. The summed E-state index contributed by atoms with van der Waals surface area (Å²) in [6, 6.07) is 17.4. The number of carboxylic acids is 1. The summed E-state index contributed by atoms with van der Waals surface area (Å²) in [6.45, 7) is 1.05. The fraction of sp³-hybridized carbons (Fsp3) is 0.188. The van der Waals surface area contributed by atoms with Crippen molar-refractivity contribution in [2.24, 2.45) is 0 Å². The Bertz CT molecular complexity index is 1820. The van der Waals surface area contributed by atoms with E-state index >= 15 is 4.39 Å². The number of hydrogen-bond acceptors (Lipinski definition) is 4. The summed E-state index contributed by atoms with van der Waals surface area (Å²) in [5, 5.41) is 9.72. The van der Waals surface area contributed by atoms with E-state index in [-0.39, 0.29) is 52.2 Å². The third-order valence-corrected chi connectivity index (χ3v) is 7.52. The van der Waals surface area contributed by atoms with Crippen LogP contribution in [-0.4, -0.2) is 33.3 Å².